The molecule has 1 aromatic rings. The molecule has 1 aliphatic heterocycles. The zero-order chi connectivity index (χ0) is 12.5. The minimum atomic E-state index is -0.690. The summed E-state index contributed by atoms with van der Waals surface area (Å²) in [6, 6.07) is 5.20. The summed E-state index contributed by atoms with van der Waals surface area (Å²) in [6.07, 6.45) is 0.160. The first-order valence-corrected chi connectivity index (χ1v) is 5.48. The predicted molar refractivity (Wildman–Crippen MR) is 61.5 cm³/mol. The largest absolute Gasteiger partial charge is 0.449 e. The van der Waals surface area contributed by atoms with Crippen LogP contribution in [0.3, 0.4) is 0 Å². The summed E-state index contributed by atoms with van der Waals surface area (Å²) in [5.74, 6) is 0.736. The molecule has 17 heavy (non-hydrogen) atoms. The third-order valence-corrected chi connectivity index (χ3v) is 2.64. The molecule has 0 bridgehead atoms. The van der Waals surface area contributed by atoms with Crippen molar-refractivity contribution in [3.8, 4) is 17.2 Å². The van der Waals surface area contributed by atoms with E-state index < -0.39 is 11.9 Å². The first-order chi connectivity index (χ1) is 8.08. The lowest BCUT2D eigenvalue weighted by Crippen LogP contribution is -2.33. The zero-order valence-corrected chi connectivity index (χ0v) is 10.1. The van der Waals surface area contributed by atoms with Gasteiger partial charge in [0, 0.05) is 20.4 Å². The van der Waals surface area contributed by atoms with Crippen LogP contribution in [0.2, 0.25) is 0 Å². The average Bonchev–Trinajstić information content (AvgIpc) is 2.67. The van der Waals surface area contributed by atoms with Crippen LogP contribution in [0.15, 0.2) is 18.2 Å². The van der Waals surface area contributed by atoms with Gasteiger partial charge in [0.1, 0.15) is 0 Å². The maximum atomic E-state index is 11.2. The van der Waals surface area contributed by atoms with Gasteiger partial charge < -0.3 is 19.5 Å². The van der Waals surface area contributed by atoms with E-state index in [9.17, 15) is 4.79 Å². The number of hydrogen-bond acceptors (Lipinski definition) is 4. The first kappa shape index (κ1) is 11.6. The van der Waals surface area contributed by atoms with Gasteiger partial charge in [0.15, 0.2) is 11.5 Å². The molecule has 1 heterocycles. The van der Waals surface area contributed by atoms with Gasteiger partial charge in [0.2, 0.25) is 11.5 Å². The van der Waals surface area contributed by atoms with Crippen molar-refractivity contribution in [2.45, 2.75) is 26.1 Å². The summed E-state index contributed by atoms with van der Waals surface area (Å²) in [4.78, 5) is 11.2. The maximum absolute atomic E-state index is 11.2. The summed E-state index contributed by atoms with van der Waals surface area (Å²) >= 11 is 0. The Bertz CT molecular complexity index is 446. The van der Waals surface area contributed by atoms with Gasteiger partial charge in [-0.05, 0) is 12.1 Å². The molecule has 1 aromatic carbocycles. The van der Waals surface area contributed by atoms with E-state index in [0.717, 1.165) is 0 Å². The molecule has 0 fully saturated rings. The Morgan fingerprint density at radius 3 is 2.88 bits per heavy atom. The third-order valence-electron chi connectivity index (χ3n) is 2.64. The van der Waals surface area contributed by atoms with E-state index in [1.165, 1.54) is 7.05 Å². The standard InChI is InChI=1S/C12H15NO4/c1-4-12(2)16-9-7-5-6-8(10(9)17-12)15-11(14)13-3/h5-7H,4H2,1-3H3,(H,13,14). The number of nitrogens with one attached hydrogen (secondary N) is 1. The molecule has 5 heteroatoms. The van der Waals surface area contributed by atoms with Crippen molar-refractivity contribution >= 4 is 6.09 Å². The molecule has 1 amide bonds. The van der Waals surface area contributed by atoms with Gasteiger partial charge in [-0.1, -0.05) is 13.0 Å². The normalized spacial score (nSPS) is 21.1. The Balaban J connectivity index is 2.28. The third kappa shape index (κ3) is 2.13. The van der Waals surface area contributed by atoms with Crippen molar-refractivity contribution in [2.24, 2.45) is 0 Å². The topological polar surface area (TPSA) is 56.8 Å². The molecular formula is C12H15NO4. The monoisotopic (exact) mass is 237 g/mol. The summed E-state index contributed by atoms with van der Waals surface area (Å²) in [6.45, 7) is 3.81. The molecule has 0 saturated carbocycles. The van der Waals surface area contributed by atoms with E-state index in [4.69, 9.17) is 14.2 Å². The highest BCUT2D eigenvalue weighted by molar-refractivity contribution is 5.72. The van der Waals surface area contributed by atoms with Crippen LogP contribution >= 0.6 is 0 Å². The second kappa shape index (κ2) is 4.16. The Hall–Kier alpha value is -1.91. The molecule has 0 aliphatic carbocycles. The van der Waals surface area contributed by atoms with E-state index in [1.54, 1.807) is 18.2 Å². The van der Waals surface area contributed by atoms with Gasteiger partial charge >= 0.3 is 6.09 Å². The highest BCUT2D eigenvalue weighted by Gasteiger charge is 2.37. The molecule has 5 nitrogen and oxygen atoms in total. The van der Waals surface area contributed by atoms with Gasteiger partial charge in [-0.15, -0.1) is 0 Å². The zero-order valence-electron chi connectivity index (χ0n) is 10.1. The van der Waals surface area contributed by atoms with Crippen molar-refractivity contribution in [3.63, 3.8) is 0 Å². The Labute approximate surface area is 99.7 Å². The van der Waals surface area contributed by atoms with E-state index in [0.29, 0.717) is 23.7 Å². The van der Waals surface area contributed by atoms with Crippen LogP contribution in [-0.2, 0) is 0 Å². The predicted octanol–water partition coefficient (Wildman–Crippen LogP) is 2.30. The van der Waals surface area contributed by atoms with Crippen LogP contribution in [0.5, 0.6) is 17.2 Å². The van der Waals surface area contributed by atoms with Crippen molar-refractivity contribution in [2.75, 3.05) is 7.05 Å². The fraction of sp³-hybridized carbons (Fsp3) is 0.417. The number of benzene rings is 1. The number of rotatable bonds is 2. The minimum absolute atomic E-state index is 0.360. The molecule has 0 radical (unpaired) electrons. The quantitative estimate of drug-likeness (QED) is 0.857. The average molecular weight is 237 g/mol. The Kier molecular flexibility index (Phi) is 2.83. The van der Waals surface area contributed by atoms with Crippen LogP contribution in [0.25, 0.3) is 0 Å². The van der Waals surface area contributed by atoms with E-state index >= 15 is 0 Å². The highest BCUT2D eigenvalue weighted by Crippen LogP contribution is 2.46. The number of para-hydroxylation sites is 1. The van der Waals surface area contributed by atoms with E-state index in [2.05, 4.69) is 5.32 Å². The van der Waals surface area contributed by atoms with Crippen molar-refractivity contribution in [1.29, 1.82) is 0 Å². The van der Waals surface area contributed by atoms with Crippen LogP contribution in [0.1, 0.15) is 20.3 Å². The van der Waals surface area contributed by atoms with Crippen LogP contribution in [0.4, 0.5) is 4.79 Å². The summed E-state index contributed by atoms with van der Waals surface area (Å²) in [5.41, 5.74) is 0. The maximum Gasteiger partial charge on any atom is 0.412 e. The molecule has 0 saturated heterocycles. The van der Waals surface area contributed by atoms with Gasteiger partial charge in [0.05, 0.1) is 0 Å². The van der Waals surface area contributed by atoms with Gasteiger partial charge in [-0.25, -0.2) is 4.79 Å². The van der Waals surface area contributed by atoms with Crippen molar-refractivity contribution in [1.82, 2.24) is 5.32 Å². The Morgan fingerprint density at radius 1 is 1.47 bits per heavy atom. The molecule has 1 N–H and O–H groups in total. The molecule has 1 atom stereocenters. The van der Waals surface area contributed by atoms with Gasteiger partial charge in [-0.2, -0.15) is 0 Å². The number of hydrogen-bond donors (Lipinski definition) is 1. The van der Waals surface area contributed by atoms with E-state index in [1.807, 2.05) is 13.8 Å². The number of amides is 1. The lowest BCUT2D eigenvalue weighted by Gasteiger charge is -2.20. The van der Waals surface area contributed by atoms with E-state index in [-0.39, 0.29) is 0 Å². The Morgan fingerprint density at radius 2 is 2.24 bits per heavy atom. The number of ether oxygens (including phenoxy) is 3. The fourth-order valence-electron chi connectivity index (χ4n) is 1.52. The minimum Gasteiger partial charge on any atom is -0.449 e. The lowest BCUT2D eigenvalue weighted by atomic mass is 10.2. The summed E-state index contributed by atoms with van der Waals surface area (Å²) in [5, 5.41) is 2.38. The summed E-state index contributed by atoms with van der Waals surface area (Å²) in [7, 11) is 1.50. The smallest absolute Gasteiger partial charge is 0.412 e. The van der Waals surface area contributed by atoms with Crippen molar-refractivity contribution < 1.29 is 19.0 Å². The van der Waals surface area contributed by atoms with Crippen LogP contribution in [-0.4, -0.2) is 18.9 Å². The molecule has 92 valence electrons. The van der Waals surface area contributed by atoms with Crippen LogP contribution in [0, 0.1) is 0 Å². The second-order valence-corrected chi connectivity index (χ2v) is 3.91. The molecule has 1 unspecified atom stereocenters. The molecule has 1 aliphatic rings. The number of carbonyl (C=O) groups is 1. The number of carbonyl (C=O) groups excluding carboxylic acids is 1. The molecule has 0 aromatic heterocycles. The molecule has 0 spiro atoms. The summed E-state index contributed by atoms with van der Waals surface area (Å²) < 4.78 is 16.4. The lowest BCUT2D eigenvalue weighted by molar-refractivity contribution is -0.0646. The van der Waals surface area contributed by atoms with Gasteiger partial charge in [-0.3, -0.25) is 0 Å². The highest BCUT2D eigenvalue weighted by atomic mass is 16.7. The second-order valence-electron chi connectivity index (χ2n) is 3.91. The van der Waals surface area contributed by atoms with Gasteiger partial charge in [0.25, 0.3) is 0 Å². The van der Waals surface area contributed by atoms with Crippen molar-refractivity contribution in [3.05, 3.63) is 18.2 Å². The molecule has 2 rings (SSSR count). The number of fused-ring (bicyclic) bond motifs is 1. The fourth-order valence-corrected chi connectivity index (χ4v) is 1.52. The SMILES string of the molecule is CCC1(C)Oc2cccc(OC(=O)NC)c2O1. The van der Waals surface area contributed by atoms with Crippen LogP contribution < -0.4 is 19.5 Å². The molecular weight excluding hydrogens is 222 g/mol. The first-order valence-electron chi connectivity index (χ1n) is 5.48.